The topological polar surface area (TPSA) is 67.8 Å². The lowest BCUT2D eigenvalue weighted by molar-refractivity contribution is 0.129. The van der Waals surface area contributed by atoms with E-state index in [9.17, 15) is 0 Å². The highest BCUT2D eigenvalue weighted by molar-refractivity contribution is 14.0. The van der Waals surface area contributed by atoms with E-state index in [4.69, 9.17) is 9.47 Å². The minimum absolute atomic E-state index is 0. The Balaban J connectivity index is 0.00000338. The average molecular weight is 476 g/mol. The van der Waals surface area contributed by atoms with Gasteiger partial charge in [0.05, 0.1) is 6.61 Å². The summed E-state index contributed by atoms with van der Waals surface area (Å²) in [6.07, 6.45) is 7.72. The number of nitrogens with one attached hydrogen (secondary N) is 2. The minimum atomic E-state index is 0. The highest BCUT2D eigenvalue weighted by atomic mass is 127. The molecule has 0 unspecified atom stereocenters. The van der Waals surface area contributed by atoms with Gasteiger partial charge >= 0.3 is 0 Å². The molecule has 148 valence electrons. The Labute approximate surface area is 174 Å². The highest BCUT2D eigenvalue weighted by Gasteiger charge is 2.21. The largest absolute Gasteiger partial charge is 0.477 e. The Morgan fingerprint density at radius 2 is 2.04 bits per heavy atom. The molecule has 0 radical (unpaired) electrons. The van der Waals surface area contributed by atoms with Crippen LogP contribution in [-0.4, -0.2) is 44.4 Å². The van der Waals surface area contributed by atoms with Crippen LogP contribution in [0, 0.1) is 5.92 Å². The maximum Gasteiger partial charge on any atom is 0.213 e. The van der Waals surface area contributed by atoms with E-state index >= 15 is 0 Å². The van der Waals surface area contributed by atoms with Crippen LogP contribution in [0.15, 0.2) is 23.3 Å². The van der Waals surface area contributed by atoms with Crippen molar-refractivity contribution in [2.24, 2.45) is 10.9 Å². The number of ether oxygens (including phenoxy) is 2. The first-order valence-corrected chi connectivity index (χ1v) is 9.41. The molecule has 0 spiro atoms. The van der Waals surface area contributed by atoms with Gasteiger partial charge in [0.2, 0.25) is 5.88 Å². The molecule has 0 amide bonds. The minimum Gasteiger partial charge on any atom is -0.477 e. The van der Waals surface area contributed by atoms with Gasteiger partial charge in [-0.05, 0) is 37.2 Å². The molecule has 1 aliphatic rings. The summed E-state index contributed by atoms with van der Waals surface area (Å²) in [7, 11) is 1.78. The number of hydrogen-bond acceptors (Lipinski definition) is 4. The van der Waals surface area contributed by atoms with Crippen LogP contribution in [0.1, 0.15) is 44.6 Å². The monoisotopic (exact) mass is 476 g/mol. The molecule has 2 rings (SSSR count). The fourth-order valence-corrected chi connectivity index (χ4v) is 2.22. The van der Waals surface area contributed by atoms with E-state index < -0.39 is 0 Å². The van der Waals surface area contributed by atoms with E-state index in [1.807, 2.05) is 18.3 Å². The molecular weight excluding hydrogens is 443 g/mol. The second-order valence-corrected chi connectivity index (χ2v) is 6.43. The van der Waals surface area contributed by atoms with Gasteiger partial charge in [0.25, 0.3) is 0 Å². The maximum atomic E-state index is 5.65. The summed E-state index contributed by atoms with van der Waals surface area (Å²) in [5.41, 5.74) is 1.10. The number of rotatable bonds is 12. The Bertz CT molecular complexity index is 507. The average Bonchev–Trinajstić information content (AvgIpc) is 3.47. The van der Waals surface area contributed by atoms with Crippen molar-refractivity contribution in [3.63, 3.8) is 0 Å². The number of pyridine rings is 1. The van der Waals surface area contributed by atoms with Crippen LogP contribution >= 0.6 is 24.0 Å². The first kappa shape index (κ1) is 23.0. The standard InChI is InChI=1S/C19H32N4O2.HI/c1-3-4-11-24-12-5-10-21-19(20-2)23-14-17-8-9-18(22-13-17)25-15-16-6-7-16;/h8-9,13,16H,3-7,10-12,14-15H2,1-2H3,(H2,20,21,23);1H. The van der Waals surface area contributed by atoms with E-state index in [-0.39, 0.29) is 24.0 Å². The normalized spacial score (nSPS) is 13.8. The predicted octanol–water partition coefficient (Wildman–Crippen LogP) is 3.36. The molecular formula is C19H33IN4O2. The first-order chi connectivity index (χ1) is 12.3. The van der Waals surface area contributed by atoms with E-state index in [2.05, 4.69) is 27.5 Å². The second kappa shape index (κ2) is 14.0. The molecule has 0 atom stereocenters. The number of aliphatic imine (C=N–C) groups is 1. The number of guanidine groups is 1. The van der Waals surface area contributed by atoms with Crippen LogP contribution in [0.3, 0.4) is 0 Å². The van der Waals surface area contributed by atoms with Crippen molar-refractivity contribution in [2.75, 3.05) is 33.4 Å². The van der Waals surface area contributed by atoms with Crippen molar-refractivity contribution in [1.29, 1.82) is 0 Å². The van der Waals surface area contributed by atoms with Gasteiger partial charge in [-0.1, -0.05) is 19.4 Å². The molecule has 0 aromatic carbocycles. The summed E-state index contributed by atoms with van der Waals surface area (Å²) in [5, 5.41) is 6.59. The number of aromatic nitrogens is 1. The lowest BCUT2D eigenvalue weighted by atomic mass is 10.3. The van der Waals surface area contributed by atoms with Crippen LogP contribution in [0.2, 0.25) is 0 Å². The zero-order chi connectivity index (χ0) is 17.7. The van der Waals surface area contributed by atoms with Gasteiger partial charge < -0.3 is 20.1 Å². The maximum absolute atomic E-state index is 5.65. The number of halogens is 1. The Morgan fingerprint density at radius 1 is 1.23 bits per heavy atom. The molecule has 1 heterocycles. The van der Waals surface area contributed by atoms with Crippen LogP contribution in [0.5, 0.6) is 5.88 Å². The van der Waals surface area contributed by atoms with Crippen LogP contribution in [0.4, 0.5) is 0 Å². The van der Waals surface area contributed by atoms with Crippen molar-refractivity contribution in [3.8, 4) is 5.88 Å². The molecule has 1 fully saturated rings. The summed E-state index contributed by atoms with van der Waals surface area (Å²) in [6.45, 7) is 6.14. The second-order valence-electron chi connectivity index (χ2n) is 6.43. The molecule has 7 heteroatoms. The number of nitrogens with zero attached hydrogens (tertiary/aromatic N) is 2. The van der Waals surface area contributed by atoms with Gasteiger partial charge in [0, 0.05) is 45.6 Å². The highest BCUT2D eigenvalue weighted by Crippen LogP contribution is 2.29. The molecule has 0 bridgehead atoms. The van der Waals surface area contributed by atoms with E-state index in [0.29, 0.717) is 12.4 Å². The summed E-state index contributed by atoms with van der Waals surface area (Å²) in [4.78, 5) is 8.59. The van der Waals surface area contributed by atoms with Crippen molar-refractivity contribution in [2.45, 2.75) is 45.6 Å². The fourth-order valence-electron chi connectivity index (χ4n) is 2.22. The molecule has 1 saturated carbocycles. The molecule has 1 aliphatic carbocycles. The van der Waals surface area contributed by atoms with Crippen molar-refractivity contribution in [1.82, 2.24) is 15.6 Å². The molecule has 0 saturated heterocycles. The molecule has 1 aromatic rings. The van der Waals surface area contributed by atoms with Crippen LogP contribution < -0.4 is 15.4 Å². The van der Waals surface area contributed by atoms with Gasteiger partial charge in [-0.3, -0.25) is 4.99 Å². The summed E-state index contributed by atoms with van der Waals surface area (Å²) < 4.78 is 11.2. The fraction of sp³-hybridized carbons (Fsp3) is 0.684. The quantitative estimate of drug-likeness (QED) is 0.210. The number of unbranched alkanes of at least 4 members (excludes halogenated alkanes) is 1. The summed E-state index contributed by atoms with van der Waals surface area (Å²) >= 11 is 0. The molecule has 2 N–H and O–H groups in total. The van der Waals surface area contributed by atoms with Gasteiger partial charge in [0.15, 0.2) is 5.96 Å². The third-order valence-electron chi connectivity index (χ3n) is 4.05. The molecule has 1 aromatic heterocycles. The van der Waals surface area contributed by atoms with E-state index in [0.717, 1.165) is 56.6 Å². The summed E-state index contributed by atoms with van der Waals surface area (Å²) in [5.74, 6) is 2.25. The molecule has 26 heavy (non-hydrogen) atoms. The lowest BCUT2D eigenvalue weighted by Gasteiger charge is -2.12. The first-order valence-electron chi connectivity index (χ1n) is 9.41. The third-order valence-corrected chi connectivity index (χ3v) is 4.05. The smallest absolute Gasteiger partial charge is 0.213 e. The van der Waals surface area contributed by atoms with Crippen LogP contribution in [-0.2, 0) is 11.3 Å². The van der Waals surface area contributed by atoms with Crippen molar-refractivity contribution < 1.29 is 9.47 Å². The Kier molecular flexibility index (Phi) is 12.4. The van der Waals surface area contributed by atoms with Gasteiger partial charge in [-0.2, -0.15) is 0 Å². The van der Waals surface area contributed by atoms with E-state index in [1.54, 1.807) is 7.05 Å². The van der Waals surface area contributed by atoms with Gasteiger partial charge in [-0.15, -0.1) is 24.0 Å². The zero-order valence-corrected chi connectivity index (χ0v) is 18.3. The van der Waals surface area contributed by atoms with Crippen LogP contribution in [0.25, 0.3) is 0 Å². The SMILES string of the molecule is CCCCOCCCNC(=NC)NCc1ccc(OCC2CC2)nc1.I. The van der Waals surface area contributed by atoms with Gasteiger partial charge in [-0.25, -0.2) is 4.98 Å². The van der Waals surface area contributed by atoms with Gasteiger partial charge in [0.1, 0.15) is 0 Å². The zero-order valence-electron chi connectivity index (χ0n) is 16.0. The van der Waals surface area contributed by atoms with Crippen molar-refractivity contribution >= 4 is 29.9 Å². The lowest BCUT2D eigenvalue weighted by Crippen LogP contribution is -2.37. The third kappa shape index (κ3) is 10.2. The predicted molar refractivity (Wildman–Crippen MR) is 116 cm³/mol. The van der Waals surface area contributed by atoms with Crippen molar-refractivity contribution in [3.05, 3.63) is 23.9 Å². The number of hydrogen-bond donors (Lipinski definition) is 2. The molecule has 0 aliphatic heterocycles. The Hall–Kier alpha value is -1.09. The molecule has 6 nitrogen and oxygen atoms in total. The summed E-state index contributed by atoms with van der Waals surface area (Å²) in [6, 6.07) is 3.97. The Morgan fingerprint density at radius 3 is 2.69 bits per heavy atom. The van der Waals surface area contributed by atoms with E-state index in [1.165, 1.54) is 19.3 Å².